The van der Waals surface area contributed by atoms with Crippen LogP contribution in [0.5, 0.6) is 0 Å². The zero-order valence-corrected chi connectivity index (χ0v) is 15.4. The summed E-state index contributed by atoms with van der Waals surface area (Å²) in [6.45, 7) is 3.26. The van der Waals surface area contributed by atoms with Gasteiger partial charge in [0, 0.05) is 23.5 Å². The van der Waals surface area contributed by atoms with Gasteiger partial charge < -0.3 is 4.84 Å². The third-order valence-electron chi connectivity index (χ3n) is 4.98. The fourth-order valence-electron chi connectivity index (χ4n) is 3.53. The number of hydrogen-bond acceptors (Lipinski definition) is 3. The molecule has 0 unspecified atom stereocenters. The van der Waals surface area contributed by atoms with E-state index in [0.29, 0.717) is 6.61 Å². The standard InChI is InChI=1S/C20H26N2OSi/c1-24(15-5-6-16-24)17-7-14-23-22-20(18-8-3-2-4-9-18)19-10-12-21-13-11-19/h2-4,8-13H,5-7,14-17H2,1H3/b22-20+. The lowest BCUT2D eigenvalue weighted by atomic mass is 10.0. The lowest BCUT2D eigenvalue weighted by molar-refractivity contribution is 0.145. The minimum atomic E-state index is -0.928. The van der Waals surface area contributed by atoms with Crippen LogP contribution in [0.25, 0.3) is 0 Å². The minimum absolute atomic E-state index is 0.712. The number of rotatable bonds is 7. The van der Waals surface area contributed by atoms with E-state index in [1.807, 2.05) is 30.3 Å². The highest BCUT2D eigenvalue weighted by Gasteiger charge is 2.30. The monoisotopic (exact) mass is 338 g/mol. The molecule has 0 aliphatic carbocycles. The van der Waals surface area contributed by atoms with Crippen molar-refractivity contribution in [2.75, 3.05) is 6.61 Å². The summed E-state index contributed by atoms with van der Waals surface area (Å²) in [6.07, 6.45) is 7.61. The van der Waals surface area contributed by atoms with E-state index in [0.717, 1.165) is 23.3 Å². The van der Waals surface area contributed by atoms with E-state index in [1.165, 1.54) is 31.0 Å². The van der Waals surface area contributed by atoms with Gasteiger partial charge in [-0.25, -0.2) is 0 Å². The molecule has 3 rings (SSSR count). The molecule has 0 radical (unpaired) electrons. The molecule has 0 amide bonds. The molecule has 0 bridgehead atoms. The van der Waals surface area contributed by atoms with E-state index in [9.17, 15) is 0 Å². The predicted molar refractivity (Wildman–Crippen MR) is 102 cm³/mol. The van der Waals surface area contributed by atoms with Gasteiger partial charge >= 0.3 is 0 Å². The predicted octanol–water partition coefficient (Wildman–Crippen LogP) is 5.11. The molecule has 3 nitrogen and oxygen atoms in total. The SMILES string of the molecule is C[Si]1(CCCO/N=C(\c2ccccc2)c2ccncc2)CCCC1. The van der Waals surface area contributed by atoms with E-state index in [-0.39, 0.29) is 0 Å². The van der Waals surface area contributed by atoms with Crippen molar-refractivity contribution in [2.45, 2.75) is 43.9 Å². The van der Waals surface area contributed by atoms with E-state index in [2.05, 4.69) is 28.8 Å². The van der Waals surface area contributed by atoms with Crippen molar-refractivity contribution >= 4 is 13.8 Å². The van der Waals surface area contributed by atoms with Crippen LogP contribution in [0, 0.1) is 0 Å². The second kappa shape index (κ2) is 8.24. The second-order valence-electron chi connectivity index (χ2n) is 7.00. The first-order valence-electron chi connectivity index (χ1n) is 8.93. The molecule has 1 aromatic carbocycles. The van der Waals surface area contributed by atoms with Crippen LogP contribution in [-0.2, 0) is 4.84 Å². The van der Waals surface area contributed by atoms with Gasteiger partial charge in [-0.2, -0.15) is 0 Å². The van der Waals surface area contributed by atoms with Crippen LogP contribution in [0.3, 0.4) is 0 Å². The molecule has 126 valence electrons. The van der Waals surface area contributed by atoms with Crippen molar-refractivity contribution in [1.29, 1.82) is 0 Å². The molecule has 0 spiro atoms. The van der Waals surface area contributed by atoms with Crippen molar-refractivity contribution in [2.24, 2.45) is 5.16 Å². The van der Waals surface area contributed by atoms with Crippen molar-refractivity contribution < 1.29 is 4.84 Å². The van der Waals surface area contributed by atoms with Crippen molar-refractivity contribution in [1.82, 2.24) is 4.98 Å². The van der Waals surface area contributed by atoms with Crippen molar-refractivity contribution in [3.05, 3.63) is 66.0 Å². The van der Waals surface area contributed by atoms with Crippen LogP contribution in [-0.4, -0.2) is 25.4 Å². The molecule has 0 N–H and O–H groups in total. The Balaban J connectivity index is 1.62. The smallest absolute Gasteiger partial charge is 0.117 e. The van der Waals surface area contributed by atoms with Crippen molar-refractivity contribution in [3.8, 4) is 0 Å². The Kier molecular flexibility index (Phi) is 5.80. The Hall–Kier alpha value is -1.94. The summed E-state index contributed by atoms with van der Waals surface area (Å²) in [6, 6.07) is 18.5. The third kappa shape index (κ3) is 4.54. The summed E-state index contributed by atoms with van der Waals surface area (Å²) in [7, 11) is -0.928. The molecule has 1 aromatic heterocycles. The first-order chi connectivity index (χ1) is 11.8. The number of benzene rings is 1. The van der Waals surface area contributed by atoms with Crippen LogP contribution in [0.15, 0.2) is 60.0 Å². The van der Waals surface area contributed by atoms with Crippen LogP contribution in [0.4, 0.5) is 0 Å². The lowest BCUT2D eigenvalue weighted by Gasteiger charge is -2.20. The molecule has 2 heterocycles. The van der Waals surface area contributed by atoms with Crippen molar-refractivity contribution in [3.63, 3.8) is 0 Å². The normalized spacial score (nSPS) is 17.0. The number of aromatic nitrogens is 1. The zero-order valence-electron chi connectivity index (χ0n) is 14.4. The average Bonchev–Trinajstić information content (AvgIpc) is 3.06. The molecule has 0 saturated carbocycles. The minimum Gasteiger partial charge on any atom is -0.395 e. The molecule has 2 aromatic rings. The van der Waals surface area contributed by atoms with Crippen LogP contribution in [0.2, 0.25) is 24.7 Å². The number of nitrogens with zero attached hydrogens (tertiary/aromatic N) is 2. The molecule has 1 aliphatic rings. The van der Waals surface area contributed by atoms with E-state index in [1.54, 1.807) is 12.4 Å². The lowest BCUT2D eigenvalue weighted by Crippen LogP contribution is -2.24. The maximum absolute atomic E-state index is 5.70. The highest BCUT2D eigenvalue weighted by Crippen LogP contribution is 2.33. The molecule has 1 aliphatic heterocycles. The largest absolute Gasteiger partial charge is 0.395 e. The molecular formula is C20H26N2OSi. The summed E-state index contributed by atoms with van der Waals surface area (Å²) < 4.78 is 0. The molecule has 4 heteroatoms. The number of oxime groups is 1. The fourth-order valence-corrected chi connectivity index (χ4v) is 7.49. The van der Waals surface area contributed by atoms with Gasteiger partial charge in [0.25, 0.3) is 0 Å². The van der Waals surface area contributed by atoms with Gasteiger partial charge in [0.2, 0.25) is 0 Å². The van der Waals surface area contributed by atoms with Gasteiger partial charge in [0.1, 0.15) is 12.3 Å². The van der Waals surface area contributed by atoms with E-state index < -0.39 is 8.07 Å². The summed E-state index contributed by atoms with van der Waals surface area (Å²) >= 11 is 0. The van der Waals surface area contributed by atoms with Crippen LogP contribution >= 0.6 is 0 Å². The van der Waals surface area contributed by atoms with Gasteiger partial charge in [-0.1, -0.05) is 73.0 Å². The molecule has 1 saturated heterocycles. The molecule has 0 atom stereocenters. The maximum atomic E-state index is 5.70. The van der Waals surface area contributed by atoms with Gasteiger partial charge in [0.15, 0.2) is 0 Å². The fraction of sp³-hybridized carbons (Fsp3) is 0.400. The summed E-state index contributed by atoms with van der Waals surface area (Å²) in [5.74, 6) is 0. The Morgan fingerprint density at radius 2 is 1.71 bits per heavy atom. The third-order valence-corrected chi connectivity index (χ3v) is 9.67. The highest BCUT2D eigenvalue weighted by atomic mass is 28.3. The quantitative estimate of drug-likeness (QED) is 0.304. The summed E-state index contributed by atoms with van der Waals surface area (Å²) in [5, 5.41) is 4.46. The Morgan fingerprint density at radius 1 is 1.04 bits per heavy atom. The van der Waals surface area contributed by atoms with Gasteiger partial charge in [0.05, 0.1) is 8.07 Å². The number of hydrogen-bond donors (Lipinski definition) is 0. The topological polar surface area (TPSA) is 34.5 Å². The van der Waals surface area contributed by atoms with Gasteiger partial charge in [-0.15, -0.1) is 0 Å². The Morgan fingerprint density at radius 3 is 2.42 bits per heavy atom. The Labute approximate surface area is 145 Å². The highest BCUT2D eigenvalue weighted by molar-refractivity contribution is 6.79. The average molecular weight is 339 g/mol. The summed E-state index contributed by atoms with van der Waals surface area (Å²) in [5.41, 5.74) is 2.98. The van der Waals surface area contributed by atoms with E-state index >= 15 is 0 Å². The molecule has 1 fully saturated rings. The first kappa shape index (κ1) is 16.9. The molecule has 24 heavy (non-hydrogen) atoms. The van der Waals surface area contributed by atoms with E-state index in [4.69, 9.17) is 4.84 Å². The van der Waals surface area contributed by atoms with Gasteiger partial charge in [-0.3, -0.25) is 4.98 Å². The second-order valence-corrected chi connectivity index (χ2v) is 12.1. The summed E-state index contributed by atoms with van der Waals surface area (Å²) in [4.78, 5) is 9.79. The number of pyridine rings is 1. The maximum Gasteiger partial charge on any atom is 0.117 e. The first-order valence-corrected chi connectivity index (χ1v) is 12.0. The Bertz CT molecular complexity index is 610. The zero-order chi connectivity index (χ0) is 16.7. The molecular weight excluding hydrogens is 312 g/mol. The van der Waals surface area contributed by atoms with Crippen LogP contribution in [0.1, 0.15) is 30.4 Å². The van der Waals surface area contributed by atoms with Crippen LogP contribution < -0.4 is 0 Å². The van der Waals surface area contributed by atoms with Gasteiger partial charge in [-0.05, 0) is 18.6 Å².